The van der Waals surface area contributed by atoms with Crippen LogP contribution in [0.1, 0.15) is 24.0 Å². The number of nitrogens with one attached hydrogen (secondary N) is 1. The van der Waals surface area contributed by atoms with Crippen LogP contribution in [0.2, 0.25) is 0 Å². The van der Waals surface area contributed by atoms with Crippen molar-refractivity contribution in [1.82, 2.24) is 10.2 Å². The van der Waals surface area contributed by atoms with Crippen molar-refractivity contribution >= 4 is 22.8 Å². The van der Waals surface area contributed by atoms with Crippen LogP contribution in [-0.4, -0.2) is 35.6 Å². The highest BCUT2D eigenvalue weighted by Gasteiger charge is 2.33. The van der Waals surface area contributed by atoms with Crippen molar-refractivity contribution in [1.29, 1.82) is 0 Å². The van der Waals surface area contributed by atoms with Gasteiger partial charge in [0.1, 0.15) is 12.4 Å². The molecule has 2 aliphatic heterocycles. The largest absolute Gasteiger partial charge is 0.416 e. The van der Waals surface area contributed by atoms with Crippen molar-refractivity contribution in [3.05, 3.63) is 46.4 Å². The molecule has 0 spiro atoms. The van der Waals surface area contributed by atoms with Gasteiger partial charge in [0.05, 0.1) is 10.5 Å². The number of thioether (sulfide) groups is 1. The summed E-state index contributed by atoms with van der Waals surface area (Å²) in [5.74, 6) is 3.17. The van der Waals surface area contributed by atoms with Crippen LogP contribution in [0.25, 0.3) is 0 Å². The van der Waals surface area contributed by atoms with Gasteiger partial charge in [0.15, 0.2) is 0 Å². The second-order valence-corrected chi connectivity index (χ2v) is 7.70. The Balaban J connectivity index is 1.61. The van der Waals surface area contributed by atoms with E-state index in [0.717, 1.165) is 35.6 Å². The SMILES string of the molecule is C#CCN=C1NC(=O)SC1=CC1CCN(Cc2ccccc2C(F)(F)F)CC1. The van der Waals surface area contributed by atoms with Crippen LogP contribution in [0.5, 0.6) is 0 Å². The topological polar surface area (TPSA) is 44.7 Å². The van der Waals surface area contributed by atoms with Gasteiger partial charge in [-0.25, -0.2) is 0 Å². The van der Waals surface area contributed by atoms with Crippen LogP contribution in [-0.2, 0) is 12.7 Å². The van der Waals surface area contributed by atoms with Gasteiger partial charge in [-0.15, -0.1) is 6.42 Å². The lowest BCUT2D eigenvalue weighted by molar-refractivity contribution is -0.138. The highest BCUT2D eigenvalue weighted by molar-refractivity contribution is 8.18. The van der Waals surface area contributed by atoms with Crippen molar-refractivity contribution in [2.24, 2.45) is 10.9 Å². The Bertz CT molecular complexity index is 834. The third kappa shape index (κ3) is 5.18. The van der Waals surface area contributed by atoms with Crippen LogP contribution in [0, 0.1) is 18.3 Å². The maximum atomic E-state index is 13.2. The molecule has 1 N–H and O–H groups in total. The first-order chi connectivity index (χ1) is 13.4. The second kappa shape index (κ2) is 8.84. The fraction of sp³-hybridized carbons (Fsp3) is 0.400. The molecule has 1 aromatic carbocycles. The standard InChI is InChI=1S/C20H20F3N3OS/c1-2-9-24-18-17(28-19(27)25-18)12-14-7-10-26(11-8-14)13-15-5-3-4-6-16(15)20(21,22)23/h1,3-6,12,14H,7-11,13H2,(H,24,25,27). The van der Waals surface area contributed by atoms with Crippen LogP contribution in [0.4, 0.5) is 18.0 Å². The highest BCUT2D eigenvalue weighted by Crippen LogP contribution is 2.33. The fourth-order valence-electron chi connectivity index (χ4n) is 3.35. The van der Waals surface area contributed by atoms with E-state index in [1.807, 2.05) is 11.0 Å². The van der Waals surface area contributed by atoms with Crippen LogP contribution >= 0.6 is 11.8 Å². The summed E-state index contributed by atoms with van der Waals surface area (Å²) in [6.07, 6.45) is 4.53. The van der Waals surface area contributed by atoms with Gasteiger partial charge in [-0.2, -0.15) is 13.2 Å². The zero-order valence-corrected chi connectivity index (χ0v) is 15.9. The molecule has 8 heteroatoms. The number of benzene rings is 1. The molecule has 2 aliphatic rings. The van der Waals surface area contributed by atoms with Gasteiger partial charge in [0, 0.05) is 6.54 Å². The van der Waals surface area contributed by atoms with E-state index in [0.29, 0.717) is 24.5 Å². The molecule has 148 valence electrons. The number of amidine groups is 1. The zero-order valence-electron chi connectivity index (χ0n) is 15.1. The number of hydrogen-bond donors (Lipinski definition) is 1. The number of likely N-dealkylation sites (tertiary alicyclic amines) is 1. The molecule has 0 bridgehead atoms. The number of halogens is 3. The Hall–Kier alpha value is -2.24. The molecule has 0 radical (unpaired) electrons. The normalized spacial score (nSPS) is 21.9. The summed E-state index contributed by atoms with van der Waals surface area (Å²) >= 11 is 1.10. The number of carbonyl (C=O) groups excluding carboxylic acids is 1. The lowest BCUT2D eigenvalue weighted by Crippen LogP contribution is -2.33. The van der Waals surface area contributed by atoms with Crippen LogP contribution < -0.4 is 5.32 Å². The Kier molecular flexibility index (Phi) is 6.47. The number of rotatable bonds is 4. The predicted molar refractivity (Wildman–Crippen MR) is 105 cm³/mol. The molecule has 28 heavy (non-hydrogen) atoms. The third-order valence-electron chi connectivity index (χ3n) is 4.72. The van der Waals surface area contributed by atoms with Crippen molar-refractivity contribution in [3.8, 4) is 12.3 Å². The number of nitrogens with zero attached hydrogens (tertiary/aromatic N) is 2. The molecule has 0 saturated carbocycles. The number of alkyl halides is 3. The molecule has 4 nitrogen and oxygen atoms in total. The maximum Gasteiger partial charge on any atom is 0.416 e. The number of aliphatic imine (C=N–C) groups is 1. The first kappa shape index (κ1) is 20.5. The molecular formula is C20H20F3N3OS. The number of carbonyl (C=O) groups is 1. The minimum absolute atomic E-state index is 0.178. The summed E-state index contributed by atoms with van der Waals surface area (Å²) in [4.78, 5) is 18.6. The lowest BCUT2D eigenvalue weighted by atomic mass is 9.95. The van der Waals surface area contributed by atoms with Crippen molar-refractivity contribution in [2.75, 3.05) is 19.6 Å². The Morgan fingerprint density at radius 1 is 1.32 bits per heavy atom. The summed E-state index contributed by atoms with van der Waals surface area (Å²) in [5, 5.41) is 2.51. The Morgan fingerprint density at radius 3 is 2.71 bits per heavy atom. The van der Waals surface area contributed by atoms with Gasteiger partial charge >= 0.3 is 6.18 Å². The Labute approximate surface area is 166 Å². The molecule has 1 aromatic rings. The molecule has 0 aromatic heterocycles. The predicted octanol–water partition coefficient (Wildman–Crippen LogP) is 4.29. The van der Waals surface area contributed by atoms with E-state index in [1.54, 1.807) is 6.07 Å². The summed E-state index contributed by atoms with van der Waals surface area (Å²) in [6, 6.07) is 5.72. The highest BCUT2D eigenvalue weighted by atomic mass is 32.2. The first-order valence-electron chi connectivity index (χ1n) is 8.93. The van der Waals surface area contributed by atoms with E-state index < -0.39 is 11.7 Å². The molecule has 2 saturated heterocycles. The van der Waals surface area contributed by atoms with Gasteiger partial charge in [0.25, 0.3) is 5.24 Å². The van der Waals surface area contributed by atoms with Crippen LogP contribution in [0.3, 0.4) is 0 Å². The average molecular weight is 407 g/mol. The molecular weight excluding hydrogens is 387 g/mol. The van der Waals surface area contributed by atoms with E-state index >= 15 is 0 Å². The summed E-state index contributed by atoms with van der Waals surface area (Å²) < 4.78 is 39.5. The summed E-state index contributed by atoms with van der Waals surface area (Å²) in [6.45, 7) is 1.88. The monoisotopic (exact) mass is 407 g/mol. The fourth-order valence-corrected chi connectivity index (χ4v) is 4.17. The van der Waals surface area contributed by atoms with E-state index in [9.17, 15) is 18.0 Å². The molecule has 2 fully saturated rings. The molecule has 1 amide bonds. The minimum Gasteiger partial charge on any atom is -0.300 e. The van der Waals surface area contributed by atoms with Gasteiger partial charge < -0.3 is 5.32 Å². The molecule has 0 aliphatic carbocycles. The van der Waals surface area contributed by atoms with E-state index in [-0.39, 0.29) is 24.2 Å². The summed E-state index contributed by atoms with van der Waals surface area (Å²) in [7, 11) is 0. The number of hydrogen-bond acceptors (Lipinski definition) is 4. The van der Waals surface area contributed by atoms with Crippen molar-refractivity contribution in [3.63, 3.8) is 0 Å². The summed E-state index contributed by atoms with van der Waals surface area (Å²) in [5.41, 5.74) is -0.266. The maximum absolute atomic E-state index is 13.2. The zero-order chi connectivity index (χ0) is 20.1. The minimum atomic E-state index is -4.34. The van der Waals surface area contributed by atoms with E-state index in [2.05, 4.69) is 16.2 Å². The molecule has 3 rings (SSSR count). The first-order valence-corrected chi connectivity index (χ1v) is 9.75. The molecule has 2 heterocycles. The van der Waals surface area contributed by atoms with E-state index in [1.165, 1.54) is 12.1 Å². The van der Waals surface area contributed by atoms with E-state index in [4.69, 9.17) is 6.42 Å². The number of amides is 1. The van der Waals surface area contributed by atoms with Crippen molar-refractivity contribution < 1.29 is 18.0 Å². The Morgan fingerprint density at radius 2 is 2.04 bits per heavy atom. The quantitative estimate of drug-likeness (QED) is 0.758. The lowest BCUT2D eigenvalue weighted by Gasteiger charge is -2.31. The van der Waals surface area contributed by atoms with Gasteiger partial charge in [-0.3, -0.25) is 14.7 Å². The van der Waals surface area contributed by atoms with Gasteiger partial charge in [0.2, 0.25) is 0 Å². The molecule has 0 atom stereocenters. The number of terminal acetylenes is 1. The molecule has 0 unspecified atom stereocenters. The smallest absolute Gasteiger partial charge is 0.300 e. The van der Waals surface area contributed by atoms with Gasteiger partial charge in [-0.05, 0) is 55.2 Å². The van der Waals surface area contributed by atoms with Crippen LogP contribution in [0.15, 0.2) is 40.2 Å². The number of piperidine rings is 1. The average Bonchev–Trinajstić information content (AvgIpc) is 3.00. The number of allylic oxidation sites excluding steroid dienone is 1. The van der Waals surface area contributed by atoms with Crippen molar-refractivity contribution in [2.45, 2.75) is 25.6 Å². The third-order valence-corrected chi connectivity index (χ3v) is 5.56. The second-order valence-electron chi connectivity index (χ2n) is 6.68. The van der Waals surface area contributed by atoms with Gasteiger partial charge in [-0.1, -0.05) is 30.2 Å².